The Morgan fingerprint density at radius 3 is 2.77 bits per heavy atom. The lowest BCUT2D eigenvalue weighted by Crippen LogP contribution is -2.10. The third-order valence-electron chi connectivity index (χ3n) is 2.76. The van der Waals surface area contributed by atoms with E-state index in [9.17, 15) is 5.11 Å². The van der Waals surface area contributed by atoms with Crippen LogP contribution in [-0.4, -0.2) is 11.2 Å². The molecule has 1 nitrogen and oxygen atoms in total. The van der Waals surface area contributed by atoms with Crippen molar-refractivity contribution >= 4 is 11.6 Å². The molecule has 1 aliphatic carbocycles. The average molecular weight is 197 g/mol. The van der Waals surface area contributed by atoms with E-state index in [0.29, 0.717) is 5.92 Å². The van der Waals surface area contributed by atoms with Crippen LogP contribution in [0.25, 0.3) is 0 Å². The molecular formula is C11H13ClO. The molecule has 0 saturated heterocycles. The second-order valence-corrected chi connectivity index (χ2v) is 4.10. The molecule has 0 heterocycles. The second kappa shape index (κ2) is 3.69. The van der Waals surface area contributed by atoms with Gasteiger partial charge in [-0.05, 0) is 30.5 Å². The van der Waals surface area contributed by atoms with Crippen LogP contribution in [0.3, 0.4) is 0 Å². The fourth-order valence-corrected chi connectivity index (χ4v) is 2.27. The average Bonchev–Trinajstić information content (AvgIpc) is 2.51. The van der Waals surface area contributed by atoms with Crippen LogP contribution < -0.4 is 0 Å². The lowest BCUT2D eigenvalue weighted by atomic mass is 9.96. The van der Waals surface area contributed by atoms with Crippen LogP contribution in [0, 0.1) is 0 Å². The zero-order valence-corrected chi connectivity index (χ0v) is 8.17. The highest BCUT2D eigenvalue weighted by atomic mass is 35.5. The van der Waals surface area contributed by atoms with Gasteiger partial charge in [-0.15, -0.1) is 0 Å². The van der Waals surface area contributed by atoms with Gasteiger partial charge < -0.3 is 5.11 Å². The number of benzene rings is 1. The number of hydrogen-bond donors (Lipinski definition) is 1. The summed E-state index contributed by atoms with van der Waals surface area (Å²) < 4.78 is 0. The maximum absolute atomic E-state index is 9.69. The maximum atomic E-state index is 9.69. The van der Waals surface area contributed by atoms with Crippen LogP contribution in [-0.2, 0) is 0 Å². The molecule has 2 rings (SSSR count). The van der Waals surface area contributed by atoms with E-state index in [4.69, 9.17) is 11.6 Å². The number of aliphatic hydroxyl groups is 1. The van der Waals surface area contributed by atoms with E-state index in [2.05, 4.69) is 0 Å². The molecule has 0 aliphatic heterocycles. The summed E-state index contributed by atoms with van der Waals surface area (Å²) >= 11 is 5.89. The van der Waals surface area contributed by atoms with E-state index < -0.39 is 0 Å². The Morgan fingerprint density at radius 2 is 2.15 bits per heavy atom. The Balaban J connectivity index is 2.24. The van der Waals surface area contributed by atoms with Gasteiger partial charge in [0.1, 0.15) is 0 Å². The van der Waals surface area contributed by atoms with Gasteiger partial charge in [-0.25, -0.2) is 0 Å². The fraction of sp³-hybridized carbons (Fsp3) is 0.455. The molecular weight excluding hydrogens is 184 g/mol. The van der Waals surface area contributed by atoms with Gasteiger partial charge in [0.25, 0.3) is 0 Å². The minimum absolute atomic E-state index is 0.168. The lowest BCUT2D eigenvalue weighted by Gasteiger charge is -2.14. The van der Waals surface area contributed by atoms with Gasteiger partial charge in [-0.2, -0.15) is 0 Å². The van der Waals surface area contributed by atoms with E-state index >= 15 is 0 Å². The first-order valence-electron chi connectivity index (χ1n) is 4.71. The summed E-state index contributed by atoms with van der Waals surface area (Å²) in [5.41, 5.74) is 1.18. The molecule has 1 aromatic carbocycles. The van der Waals surface area contributed by atoms with Crippen molar-refractivity contribution in [3.8, 4) is 0 Å². The SMILES string of the molecule is O[C@@H]1CCC[C@H]1c1cccc(Cl)c1. The molecule has 2 heteroatoms. The molecule has 0 bridgehead atoms. The van der Waals surface area contributed by atoms with Gasteiger partial charge in [0, 0.05) is 10.9 Å². The van der Waals surface area contributed by atoms with Gasteiger partial charge in [-0.3, -0.25) is 0 Å². The molecule has 70 valence electrons. The minimum atomic E-state index is -0.168. The van der Waals surface area contributed by atoms with E-state index in [0.717, 1.165) is 24.3 Å². The van der Waals surface area contributed by atoms with Crippen molar-refractivity contribution in [2.75, 3.05) is 0 Å². The summed E-state index contributed by atoms with van der Waals surface area (Å²) in [6.45, 7) is 0. The number of hydrogen-bond acceptors (Lipinski definition) is 1. The molecule has 0 unspecified atom stereocenters. The van der Waals surface area contributed by atoms with Crippen LogP contribution in [0.5, 0.6) is 0 Å². The van der Waals surface area contributed by atoms with E-state index in [1.807, 2.05) is 24.3 Å². The monoisotopic (exact) mass is 196 g/mol. The zero-order valence-electron chi connectivity index (χ0n) is 7.41. The molecule has 0 radical (unpaired) electrons. The Kier molecular flexibility index (Phi) is 2.56. The first kappa shape index (κ1) is 9.04. The van der Waals surface area contributed by atoms with Crippen molar-refractivity contribution in [2.24, 2.45) is 0 Å². The van der Waals surface area contributed by atoms with Crippen LogP contribution in [0.4, 0.5) is 0 Å². The van der Waals surface area contributed by atoms with E-state index in [1.165, 1.54) is 5.56 Å². The lowest BCUT2D eigenvalue weighted by molar-refractivity contribution is 0.164. The quantitative estimate of drug-likeness (QED) is 0.732. The molecule has 0 aromatic heterocycles. The predicted molar refractivity (Wildman–Crippen MR) is 54.1 cm³/mol. The highest BCUT2D eigenvalue weighted by Gasteiger charge is 2.26. The van der Waals surface area contributed by atoms with Gasteiger partial charge >= 0.3 is 0 Å². The molecule has 13 heavy (non-hydrogen) atoms. The Bertz CT molecular complexity index is 298. The summed E-state index contributed by atoms with van der Waals surface area (Å²) in [6.07, 6.45) is 2.97. The fourth-order valence-electron chi connectivity index (χ4n) is 2.07. The van der Waals surface area contributed by atoms with Crippen LogP contribution in [0.2, 0.25) is 5.02 Å². The number of aliphatic hydroxyl groups excluding tert-OH is 1. The second-order valence-electron chi connectivity index (χ2n) is 3.66. The van der Waals surface area contributed by atoms with Gasteiger partial charge in [0.05, 0.1) is 6.10 Å². The van der Waals surface area contributed by atoms with Crippen LogP contribution in [0.1, 0.15) is 30.7 Å². The summed E-state index contributed by atoms with van der Waals surface area (Å²) in [5, 5.41) is 10.5. The van der Waals surface area contributed by atoms with E-state index in [1.54, 1.807) is 0 Å². The number of rotatable bonds is 1. The molecule has 1 fully saturated rings. The third-order valence-corrected chi connectivity index (χ3v) is 2.99. The molecule has 1 aliphatic rings. The van der Waals surface area contributed by atoms with Crippen molar-refractivity contribution < 1.29 is 5.11 Å². The Labute approximate surface area is 83.3 Å². The molecule has 0 amide bonds. The summed E-state index contributed by atoms with van der Waals surface area (Å²) in [4.78, 5) is 0. The summed E-state index contributed by atoms with van der Waals surface area (Å²) in [7, 11) is 0. The maximum Gasteiger partial charge on any atom is 0.0608 e. The van der Waals surface area contributed by atoms with E-state index in [-0.39, 0.29) is 6.10 Å². The highest BCUT2D eigenvalue weighted by Crippen LogP contribution is 2.35. The topological polar surface area (TPSA) is 20.2 Å². The van der Waals surface area contributed by atoms with Crippen molar-refractivity contribution in [1.29, 1.82) is 0 Å². The molecule has 0 spiro atoms. The van der Waals surface area contributed by atoms with Crippen molar-refractivity contribution in [1.82, 2.24) is 0 Å². The van der Waals surface area contributed by atoms with Crippen LogP contribution in [0.15, 0.2) is 24.3 Å². The first-order valence-corrected chi connectivity index (χ1v) is 5.09. The Morgan fingerprint density at radius 1 is 1.31 bits per heavy atom. The Hall–Kier alpha value is -0.530. The minimum Gasteiger partial charge on any atom is -0.392 e. The van der Waals surface area contributed by atoms with Gasteiger partial charge in [0.15, 0.2) is 0 Å². The van der Waals surface area contributed by atoms with Crippen molar-refractivity contribution in [3.63, 3.8) is 0 Å². The van der Waals surface area contributed by atoms with Gasteiger partial charge in [-0.1, -0.05) is 30.2 Å². The van der Waals surface area contributed by atoms with Gasteiger partial charge in [0.2, 0.25) is 0 Å². The standard InChI is InChI=1S/C11H13ClO/c12-9-4-1-3-8(7-9)10-5-2-6-11(10)13/h1,3-4,7,10-11,13H,2,5-6H2/t10-,11+/m0/s1. The summed E-state index contributed by atoms with van der Waals surface area (Å²) in [5.74, 6) is 0.304. The van der Waals surface area contributed by atoms with Crippen LogP contribution >= 0.6 is 11.6 Å². The normalized spacial score (nSPS) is 27.8. The predicted octanol–water partition coefficient (Wildman–Crippen LogP) is 2.97. The molecule has 1 N–H and O–H groups in total. The molecule has 1 aromatic rings. The number of halogens is 1. The smallest absolute Gasteiger partial charge is 0.0608 e. The first-order chi connectivity index (χ1) is 6.27. The largest absolute Gasteiger partial charge is 0.392 e. The molecule has 2 atom stereocenters. The van der Waals surface area contributed by atoms with Crippen molar-refractivity contribution in [2.45, 2.75) is 31.3 Å². The third kappa shape index (κ3) is 1.87. The zero-order chi connectivity index (χ0) is 9.26. The summed E-state index contributed by atoms with van der Waals surface area (Å²) in [6, 6.07) is 7.82. The molecule has 1 saturated carbocycles. The highest BCUT2D eigenvalue weighted by molar-refractivity contribution is 6.30. The van der Waals surface area contributed by atoms with Crippen molar-refractivity contribution in [3.05, 3.63) is 34.9 Å².